The highest BCUT2D eigenvalue weighted by Crippen LogP contribution is 2.14. The summed E-state index contributed by atoms with van der Waals surface area (Å²) in [6, 6.07) is 2.62. The van der Waals surface area contributed by atoms with Crippen molar-refractivity contribution in [1.82, 2.24) is 15.4 Å². The Morgan fingerprint density at radius 1 is 1.50 bits per heavy atom. The van der Waals surface area contributed by atoms with Crippen LogP contribution < -0.4 is 15.4 Å². The minimum absolute atomic E-state index is 0.00312. The molecule has 1 aliphatic heterocycles. The van der Waals surface area contributed by atoms with Gasteiger partial charge in [0.15, 0.2) is 5.76 Å². The lowest BCUT2D eigenvalue weighted by Crippen LogP contribution is -2.26. The summed E-state index contributed by atoms with van der Waals surface area (Å²) in [6.45, 7) is 2.57. The molecule has 2 rings (SSSR count). The summed E-state index contributed by atoms with van der Waals surface area (Å²) in [7, 11) is -2.36. The molecule has 0 spiro atoms. The summed E-state index contributed by atoms with van der Waals surface area (Å²) in [5.74, 6) is 0.198. The van der Waals surface area contributed by atoms with Crippen molar-refractivity contribution in [2.45, 2.75) is 17.9 Å². The first-order valence-electron chi connectivity index (χ1n) is 6.55. The molecule has 0 saturated carbocycles. The fourth-order valence-corrected chi connectivity index (χ4v) is 2.77. The first-order chi connectivity index (χ1) is 9.53. The van der Waals surface area contributed by atoms with Crippen LogP contribution in [0.25, 0.3) is 0 Å². The molecule has 1 aliphatic rings. The van der Waals surface area contributed by atoms with Crippen LogP contribution in [0.15, 0.2) is 21.6 Å². The fraction of sp³-hybridized carbons (Fsp3) is 0.583. The molecule has 0 aromatic carbocycles. The number of rotatable bonds is 6. The Balaban J connectivity index is 1.86. The van der Waals surface area contributed by atoms with E-state index in [1.54, 1.807) is 0 Å². The third-order valence-corrected chi connectivity index (χ3v) is 4.63. The summed E-state index contributed by atoms with van der Waals surface area (Å²) in [5, 5.41) is 5.74. The standard InChI is InChI=1S/C12H19N3O4S/c1-13-20(17,18)11-3-2-10(19-11)12(16)15-7-5-9-4-6-14-8-9/h2-3,9,13-14H,4-8H2,1H3,(H,15,16). The highest BCUT2D eigenvalue weighted by Gasteiger charge is 2.20. The monoisotopic (exact) mass is 301 g/mol. The van der Waals surface area contributed by atoms with Crippen LogP contribution in [0, 0.1) is 5.92 Å². The number of hydrogen-bond donors (Lipinski definition) is 3. The van der Waals surface area contributed by atoms with Gasteiger partial charge in [-0.15, -0.1) is 0 Å². The Morgan fingerprint density at radius 2 is 2.30 bits per heavy atom. The van der Waals surface area contributed by atoms with Gasteiger partial charge in [-0.25, -0.2) is 13.1 Å². The molecule has 1 amide bonds. The Morgan fingerprint density at radius 3 is 2.95 bits per heavy atom. The molecule has 2 heterocycles. The molecule has 0 radical (unpaired) electrons. The topological polar surface area (TPSA) is 100 Å². The van der Waals surface area contributed by atoms with Crippen LogP contribution in [0.5, 0.6) is 0 Å². The Kier molecular flexibility index (Phi) is 4.79. The Bertz CT molecular complexity index is 561. The number of amides is 1. The summed E-state index contributed by atoms with van der Waals surface area (Å²) in [6.07, 6.45) is 2.03. The average molecular weight is 301 g/mol. The predicted molar refractivity (Wildman–Crippen MR) is 72.9 cm³/mol. The van der Waals surface area contributed by atoms with Crippen molar-refractivity contribution in [1.29, 1.82) is 0 Å². The normalized spacial score (nSPS) is 19.1. The van der Waals surface area contributed by atoms with E-state index >= 15 is 0 Å². The average Bonchev–Trinajstić information content (AvgIpc) is 3.10. The third-order valence-electron chi connectivity index (χ3n) is 3.34. The minimum Gasteiger partial charge on any atom is -0.438 e. The zero-order valence-electron chi connectivity index (χ0n) is 11.3. The van der Waals surface area contributed by atoms with Gasteiger partial charge < -0.3 is 15.1 Å². The number of hydrogen-bond acceptors (Lipinski definition) is 5. The summed E-state index contributed by atoms with van der Waals surface area (Å²) in [5.41, 5.74) is 0. The van der Waals surface area contributed by atoms with E-state index in [0.29, 0.717) is 12.5 Å². The van der Waals surface area contributed by atoms with Gasteiger partial charge in [-0.05, 0) is 51.0 Å². The van der Waals surface area contributed by atoms with Crippen molar-refractivity contribution in [3.05, 3.63) is 17.9 Å². The molecule has 20 heavy (non-hydrogen) atoms. The van der Waals surface area contributed by atoms with Crippen LogP contribution in [0.2, 0.25) is 0 Å². The van der Waals surface area contributed by atoms with E-state index in [1.165, 1.54) is 19.2 Å². The second-order valence-corrected chi connectivity index (χ2v) is 6.55. The van der Waals surface area contributed by atoms with Gasteiger partial charge >= 0.3 is 0 Å². The molecule has 7 nitrogen and oxygen atoms in total. The van der Waals surface area contributed by atoms with Crippen LogP contribution in [0.3, 0.4) is 0 Å². The summed E-state index contributed by atoms with van der Waals surface area (Å²) >= 11 is 0. The number of carbonyl (C=O) groups is 1. The molecule has 8 heteroatoms. The Hall–Kier alpha value is -1.38. The number of nitrogens with one attached hydrogen (secondary N) is 3. The number of sulfonamides is 1. The lowest BCUT2D eigenvalue weighted by Gasteiger charge is -2.08. The highest BCUT2D eigenvalue weighted by atomic mass is 32.2. The molecular formula is C12H19N3O4S. The van der Waals surface area contributed by atoms with Gasteiger partial charge in [0, 0.05) is 6.54 Å². The van der Waals surface area contributed by atoms with Gasteiger partial charge in [0.05, 0.1) is 0 Å². The molecule has 1 saturated heterocycles. The van der Waals surface area contributed by atoms with Gasteiger partial charge in [-0.3, -0.25) is 4.79 Å². The molecule has 1 aromatic heterocycles. The van der Waals surface area contributed by atoms with Crippen LogP contribution in [0.1, 0.15) is 23.4 Å². The summed E-state index contributed by atoms with van der Waals surface area (Å²) < 4.78 is 30.1. The summed E-state index contributed by atoms with van der Waals surface area (Å²) in [4.78, 5) is 11.8. The first kappa shape index (κ1) is 15.0. The van der Waals surface area contributed by atoms with Crippen molar-refractivity contribution in [2.75, 3.05) is 26.7 Å². The maximum Gasteiger partial charge on any atom is 0.287 e. The smallest absolute Gasteiger partial charge is 0.287 e. The zero-order chi connectivity index (χ0) is 14.6. The molecule has 1 atom stereocenters. The van der Waals surface area contributed by atoms with E-state index in [0.717, 1.165) is 25.9 Å². The SMILES string of the molecule is CNS(=O)(=O)c1ccc(C(=O)NCCC2CCNC2)o1. The van der Waals surface area contributed by atoms with Crippen molar-refractivity contribution in [3.8, 4) is 0 Å². The minimum atomic E-state index is -3.65. The zero-order valence-corrected chi connectivity index (χ0v) is 12.1. The van der Waals surface area contributed by atoms with Crippen LogP contribution >= 0.6 is 0 Å². The number of carbonyl (C=O) groups excluding carboxylic acids is 1. The van der Waals surface area contributed by atoms with Crippen molar-refractivity contribution >= 4 is 15.9 Å². The van der Waals surface area contributed by atoms with Gasteiger partial charge in [0.2, 0.25) is 5.09 Å². The maximum atomic E-state index is 11.8. The lowest BCUT2D eigenvalue weighted by atomic mass is 10.1. The highest BCUT2D eigenvalue weighted by molar-refractivity contribution is 7.89. The van der Waals surface area contributed by atoms with E-state index in [9.17, 15) is 13.2 Å². The van der Waals surface area contributed by atoms with Crippen molar-refractivity contribution in [2.24, 2.45) is 5.92 Å². The van der Waals surface area contributed by atoms with Crippen molar-refractivity contribution in [3.63, 3.8) is 0 Å². The second-order valence-electron chi connectivity index (χ2n) is 4.73. The fourth-order valence-electron chi connectivity index (χ4n) is 2.12. The van der Waals surface area contributed by atoms with E-state index in [1.807, 2.05) is 0 Å². The lowest BCUT2D eigenvalue weighted by molar-refractivity contribution is 0.0918. The third kappa shape index (κ3) is 3.59. The molecular weight excluding hydrogens is 282 g/mol. The first-order valence-corrected chi connectivity index (χ1v) is 8.03. The van der Waals surface area contributed by atoms with E-state index in [2.05, 4.69) is 15.4 Å². The molecule has 1 unspecified atom stereocenters. The van der Waals surface area contributed by atoms with Gasteiger partial charge in [0.1, 0.15) is 0 Å². The largest absolute Gasteiger partial charge is 0.438 e. The van der Waals surface area contributed by atoms with E-state index < -0.39 is 15.9 Å². The van der Waals surface area contributed by atoms with Crippen LogP contribution in [0.4, 0.5) is 0 Å². The Labute approximate surface area is 118 Å². The molecule has 112 valence electrons. The second kappa shape index (κ2) is 6.38. The number of furan rings is 1. The molecule has 0 aliphatic carbocycles. The van der Waals surface area contributed by atoms with Crippen LogP contribution in [-0.4, -0.2) is 41.0 Å². The molecule has 1 fully saturated rings. The molecule has 0 bridgehead atoms. The molecule has 1 aromatic rings. The van der Waals surface area contributed by atoms with Gasteiger partial charge in [0.25, 0.3) is 15.9 Å². The van der Waals surface area contributed by atoms with Gasteiger partial charge in [-0.1, -0.05) is 0 Å². The van der Waals surface area contributed by atoms with E-state index in [4.69, 9.17) is 4.42 Å². The quantitative estimate of drug-likeness (QED) is 0.682. The van der Waals surface area contributed by atoms with E-state index in [-0.39, 0.29) is 10.9 Å². The van der Waals surface area contributed by atoms with Crippen LogP contribution in [-0.2, 0) is 10.0 Å². The maximum absolute atomic E-state index is 11.8. The van der Waals surface area contributed by atoms with Crippen molar-refractivity contribution < 1.29 is 17.6 Å². The molecule has 3 N–H and O–H groups in total. The predicted octanol–water partition coefficient (Wildman–Crippen LogP) is -0.0829. The van der Waals surface area contributed by atoms with Gasteiger partial charge in [-0.2, -0.15) is 0 Å².